The zero-order valence-corrected chi connectivity index (χ0v) is 15.5. The average molecular weight is 337 g/mol. The SMILES string of the molecule is CC=CCSc1cc(SCC=CC)cc(SCC=CC)c1. The van der Waals surface area contributed by atoms with Crippen molar-refractivity contribution in [1.82, 2.24) is 0 Å². The second-order valence-electron chi connectivity index (χ2n) is 4.28. The monoisotopic (exact) mass is 336 g/mol. The molecular weight excluding hydrogens is 312 g/mol. The van der Waals surface area contributed by atoms with E-state index in [4.69, 9.17) is 0 Å². The molecule has 0 aliphatic rings. The Morgan fingerprint density at radius 3 is 1.14 bits per heavy atom. The van der Waals surface area contributed by atoms with E-state index in [0.29, 0.717) is 0 Å². The van der Waals surface area contributed by atoms with E-state index in [2.05, 4.69) is 75.4 Å². The van der Waals surface area contributed by atoms with Gasteiger partial charge in [-0.05, 0) is 39.0 Å². The lowest BCUT2D eigenvalue weighted by molar-refractivity contribution is 1.23. The van der Waals surface area contributed by atoms with Crippen molar-refractivity contribution < 1.29 is 0 Å². The number of allylic oxidation sites excluding steroid dienone is 3. The second kappa shape index (κ2) is 12.1. The summed E-state index contributed by atoms with van der Waals surface area (Å²) in [6, 6.07) is 6.92. The first-order chi connectivity index (χ1) is 10.3. The Morgan fingerprint density at radius 1 is 0.619 bits per heavy atom. The molecule has 0 N–H and O–H groups in total. The Balaban J connectivity index is 2.78. The molecule has 0 fully saturated rings. The summed E-state index contributed by atoms with van der Waals surface area (Å²) in [6.07, 6.45) is 12.9. The first-order valence-electron chi connectivity index (χ1n) is 7.17. The third kappa shape index (κ3) is 8.50. The molecule has 1 aromatic rings. The molecule has 0 aliphatic carbocycles. The van der Waals surface area contributed by atoms with Crippen LogP contribution < -0.4 is 0 Å². The van der Waals surface area contributed by atoms with E-state index in [-0.39, 0.29) is 0 Å². The summed E-state index contributed by atoms with van der Waals surface area (Å²) in [4.78, 5) is 4.09. The van der Waals surface area contributed by atoms with Gasteiger partial charge in [0, 0.05) is 31.9 Å². The van der Waals surface area contributed by atoms with E-state index in [0.717, 1.165) is 17.3 Å². The molecule has 0 bridgehead atoms. The molecule has 21 heavy (non-hydrogen) atoms. The lowest BCUT2D eigenvalue weighted by Crippen LogP contribution is -1.83. The topological polar surface area (TPSA) is 0 Å². The standard InChI is InChI=1S/C18H24S3/c1-4-7-10-19-16-13-17(20-11-8-5-2)15-18(14-16)21-12-9-6-3/h4-9,13-15H,10-12H2,1-3H3. The van der Waals surface area contributed by atoms with Gasteiger partial charge in [0.1, 0.15) is 0 Å². The molecule has 0 aromatic heterocycles. The normalized spacial score (nSPS) is 12.1. The summed E-state index contributed by atoms with van der Waals surface area (Å²) in [7, 11) is 0. The average Bonchev–Trinajstić information content (AvgIpc) is 2.48. The van der Waals surface area contributed by atoms with Gasteiger partial charge in [0.15, 0.2) is 0 Å². The van der Waals surface area contributed by atoms with Gasteiger partial charge in [0.05, 0.1) is 0 Å². The van der Waals surface area contributed by atoms with Crippen molar-refractivity contribution >= 4 is 35.3 Å². The van der Waals surface area contributed by atoms with Crippen molar-refractivity contribution in [2.24, 2.45) is 0 Å². The van der Waals surface area contributed by atoms with Crippen LogP contribution in [0.25, 0.3) is 0 Å². The molecule has 0 saturated heterocycles. The van der Waals surface area contributed by atoms with Crippen LogP contribution in [0.2, 0.25) is 0 Å². The smallest absolute Gasteiger partial charge is 0.0160 e. The molecule has 0 heterocycles. The maximum atomic E-state index is 2.31. The Kier molecular flexibility index (Phi) is 10.7. The summed E-state index contributed by atoms with van der Waals surface area (Å²) in [5, 5.41) is 0. The highest BCUT2D eigenvalue weighted by molar-refractivity contribution is 8.01. The van der Waals surface area contributed by atoms with Gasteiger partial charge >= 0.3 is 0 Å². The van der Waals surface area contributed by atoms with Crippen molar-refractivity contribution in [1.29, 1.82) is 0 Å². The van der Waals surface area contributed by atoms with Crippen LogP contribution in [0, 0.1) is 0 Å². The number of thioether (sulfide) groups is 3. The summed E-state index contributed by atoms with van der Waals surface area (Å²) in [6.45, 7) is 6.22. The highest BCUT2D eigenvalue weighted by Crippen LogP contribution is 2.31. The second-order valence-corrected chi connectivity index (χ2v) is 7.56. The minimum atomic E-state index is 1.04. The lowest BCUT2D eigenvalue weighted by Gasteiger charge is -2.07. The predicted molar refractivity (Wildman–Crippen MR) is 103 cm³/mol. The summed E-state index contributed by atoms with van der Waals surface area (Å²) >= 11 is 5.71. The maximum Gasteiger partial charge on any atom is 0.0160 e. The van der Waals surface area contributed by atoms with Crippen LogP contribution in [0.15, 0.2) is 69.3 Å². The fraction of sp³-hybridized carbons (Fsp3) is 0.333. The summed E-state index contributed by atoms with van der Waals surface area (Å²) in [5.74, 6) is 3.12. The lowest BCUT2D eigenvalue weighted by atomic mass is 10.4. The van der Waals surface area contributed by atoms with Gasteiger partial charge in [0.25, 0.3) is 0 Å². The van der Waals surface area contributed by atoms with Crippen molar-refractivity contribution in [3.05, 3.63) is 54.7 Å². The zero-order chi connectivity index (χ0) is 15.3. The van der Waals surface area contributed by atoms with Crippen LogP contribution in [0.1, 0.15) is 20.8 Å². The molecule has 0 atom stereocenters. The van der Waals surface area contributed by atoms with Crippen LogP contribution in [0.3, 0.4) is 0 Å². The Morgan fingerprint density at radius 2 is 0.905 bits per heavy atom. The molecule has 0 aliphatic heterocycles. The molecule has 0 nitrogen and oxygen atoms in total. The van der Waals surface area contributed by atoms with E-state index < -0.39 is 0 Å². The minimum Gasteiger partial charge on any atom is -0.122 e. The first-order valence-corrected chi connectivity index (χ1v) is 10.1. The minimum absolute atomic E-state index is 1.04. The van der Waals surface area contributed by atoms with Gasteiger partial charge in [-0.2, -0.15) is 0 Å². The Bertz CT molecular complexity index is 403. The Hall–Kier alpha value is -0.510. The largest absolute Gasteiger partial charge is 0.122 e. The van der Waals surface area contributed by atoms with Crippen LogP contribution in [0.5, 0.6) is 0 Å². The van der Waals surface area contributed by atoms with Gasteiger partial charge in [0.2, 0.25) is 0 Å². The number of hydrogen-bond donors (Lipinski definition) is 0. The van der Waals surface area contributed by atoms with E-state index in [1.807, 2.05) is 35.3 Å². The molecule has 0 radical (unpaired) electrons. The molecule has 0 saturated carbocycles. The zero-order valence-electron chi connectivity index (χ0n) is 13.0. The maximum absolute atomic E-state index is 2.31. The summed E-state index contributed by atoms with van der Waals surface area (Å²) < 4.78 is 0. The quantitative estimate of drug-likeness (QED) is 0.364. The molecule has 0 amide bonds. The van der Waals surface area contributed by atoms with Crippen LogP contribution >= 0.6 is 35.3 Å². The van der Waals surface area contributed by atoms with Gasteiger partial charge < -0.3 is 0 Å². The third-order valence-electron chi connectivity index (χ3n) is 2.60. The van der Waals surface area contributed by atoms with E-state index in [1.54, 1.807) is 0 Å². The highest BCUT2D eigenvalue weighted by atomic mass is 32.2. The molecule has 1 rings (SSSR count). The summed E-state index contributed by atoms with van der Waals surface area (Å²) in [5.41, 5.74) is 0. The van der Waals surface area contributed by atoms with E-state index in [9.17, 15) is 0 Å². The van der Waals surface area contributed by atoms with Gasteiger partial charge in [-0.1, -0.05) is 36.5 Å². The van der Waals surface area contributed by atoms with E-state index in [1.165, 1.54) is 14.7 Å². The molecular formula is C18H24S3. The van der Waals surface area contributed by atoms with Crippen LogP contribution in [0.4, 0.5) is 0 Å². The highest BCUT2D eigenvalue weighted by Gasteiger charge is 2.02. The van der Waals surface area contributed by atoms with Crippen LogP contribution in [-0.4, -0.2) is 17.3 Å². The molecule has 0 spiro atoms. The first kappa shape index (κ1) is 18.5. The van der Waals surface area contributed by atoms with E-state index >= 15 is 0 Å². The van der Waals surface area contributed by atoms with Gasteiger partial charge in [-0.25, -0.2) is 0 Å². The molecule has 0 unspecified atom stereocenters. The van der Waals surface area contributed by atoms with Crippen molar-refractivity contribution in [3.8, 4) is 0 Å². The fourth-order valence-corrected chi connectivity index (χ4v) is 4.45. The molecule has 3 heteroatoms. The van der Waals surface area contributed by atoms with Gasteiger partial charge in [-0.15, -0.1) is 35.3 Å². The Labute approximate surface area is 142 Å². The van der Waals surface area contributed by atoms with Crippen molar-refractivity contribution in [3.63, 3.8) is 0 Å². The number of hydrogen-bond acceptors (Lipinski definition) is 3. The van der Waals surface area contributed by atoms with Gasteiger partial charge in [-0.3, -0.25) is 0 Å². The number of rotatable bonds is 9. The predicted octanol–water partition coefficient (Wildman–Crippen LogP) is 6.69. The van der Waals surface area contributed by atoms with Crippen molar-refractivity contribution in [2.45, 2.75) is 35.5 Å². The van der Waals surface area contributed by atoms with Crippen LogP contribution in [-0.2, 0) is 0 Å². The van der Waals surface area contributed by atoms with Crippen molar-refractivity contribution in [2.75, 3.05) is 17.3 Å². The molecule has 114 valence electrons. The molecule has 1 aromatic carbocycles. The fourth-order valence-electron chi connectivity index (χ4n) is 1.52. The number of benzene rings is 1. The third-order valence-corrected chi connectivity index (χ3v) is 5.38.